The molecule has 0 saturated carbocycles. The molecule has 1 aliphatic heterocycles. The molecule has 0 amide bonds. The number of piperazine rings is 1. The molecule has 3 rings (SSSR count). The number of rotatable bonds is 6. The second-order valence-electron chi connectivity index (χ2n) is 6.82. The van der Waals surface area contributed by atoms with Gasteiger partial charge in [-0.05, 0) is 61.4 Å². The van der Waals surface area contributed by atoms with E-state index in [1.54, 1.807) is 0 Å². The molecule has 0 radical (unpaired) electrons. The summed E-state index contributed by atoms with van der Waals surface area (Å²) in [5.74, 6) is 0. The molecular formula is C20H27BrN4S2. The van der Waals surface area contributed by atoms with E-state index in [9.17, 15) is 0 Å². The van der Waals surface area contributed by atoms with E-state index < -0.39 is 0 Å². The van der Waals surface area contributed by atoms with Crippen LogP contribution in [0.2, 0.25) is 0 Å². The van der Waals surface area contributed by atoms with Crippen LogP contribution in [0.1, 0.15) is 24.8 Å². The maximum Gasteiger partial charge on any atom is 0.171 e. The van der Waals surface area contributed by atoms with E-state index in [-0.39, 0.29) is 6.04 Å². The van der Waals surface area contributed by atoms with Gasteiger partial charge >= 0.3 is 0 Å². The monoisotopic (exact) mass is 466 g/mol. The molecule has 1 aliphatic rings. The molecule has 2 N–H and O–H groups in total. The molecule has 146 valence electrons. The first kappa shape index (κ1) is 20.7. The Morgan fingerprint density at radius 3 is 2.48 bits per heavy atom. The summed E-state index contributed by atoms with van der Waals surface area (Å²) >= 11 is 10.9. The summed E-state index contributed by atoms with van der Waals surface area (Å²) in [5.41, 5.74) is 0.993. The Morgan fingerprint density at radius 1 is 1.19 bits per heavy atom. The van der Waals surface area contributed by atoms with E-state index >= 15 is 0 Å². The SMILES string of the molecule is CCN1CCN([C@H](c2cccs2)[C@H](C)NC(=S)Nc2ccc(Br)cc2)CC1. The molecule has 0 aliphatic carbocycles. The van der Waals surface area contributed by atoms with E-state index in [0.29, 0.717) is 11.2 Å². The van der Waals surface area contributed by atoms with Crippen molar-refractivity contribution in [3.05, 3.63) is 51.1 Å². The van der Waals surface area contributed by atoms with Crippen LogP contribution in [0.4, 0.5) is 5.69 Å². The zero-order valence-electron chi connectivity index (χ0n) is 15.8. The Kier molecular flexibility index (Phi) is 7.66. The summed E-state index contributed by atoms with van der Waals surface area (Å²) in [7, 11) is 0. The van der Waals surface area contributed by atoms with Gasteiger partial charge < -0.3 is 15.5 Å². The molecule has 1 fully saturated rings. The minimum absolute atomic E-state index is 0.215. The van der Waals surface area contributed by atoms with Gasteiger partial charge in [0.1, 0.15) is 0 Å². The lowest BCUT2D eigenvalue weighted by Crippen LogP contribution is -2.52. The lowest BCUT2D eigenvalue weighted by Gasteiger charge is -2.41. The van der Waals surface area contributed by atoms with Gasteiger partial charge in [0.2, 0.25) is 0 Å². The third-order valence-corrected chi connectivity index (χ3v) is 6.71. The zero-order valence-corrected chi connectivity index (χ0v) is 19.0. The van der Waals surface area contributed by atoms with Gasteiger partial charge in [-0.25, -0.2) is 0 Å². The number of hydrogen-bond acceptors (Lipinski definition) is 4. The molecule has 2 aromatic rings. The number of thiocarbonyl (C=S) groups is 1. The summed E-state index contributed by atoms with van der Waals surface area (Å²) in [6, 6.07) is 13.0. The predicted molar refractivity (Wildman–Crippen MR) is 124 cm³/mol. The van der Waals surface area contributed by atoms with Gasteiger partial charge in [-0.1, -0.05) is 28.9 Å². The van der Waals surface area contributed by atoms with Crippen LogP contribution < -0.4 is 10.6 Å². The number of anilines is 1. The smallest absolute Gasteiger partial charge is 0.171 e. The number of nitrogens with one attached hydrogen (secondary N) is 2. The Hall–Kier alpha value is -0.990. The highest BCUT2D eigenvalue weighted by Gasteiger charge is 2.30. The lowest BCUT2D eigenvalue weighted by molar-refractivity contribution is 0.0883. The van der Waals surface area contributed by atoms with Gasteiger partial charge in [0.15, 0.2) is 5.11 Å². The number of thiophene rings is 1. The van der Waals surface area contributed by atoms with Crippen LogP contribution in [-0.4, -0.2) is 53.7 Å². The van der Waals surface area contributed by atoms with Gasteiger partial charge in [0, 0.05) is 47.3 Å². The van der Waals surface area contributed by atoms with E-state index in [2.05, 4.69) is 67.7 Å². The fraction of sp³-hybridized carbons (Fsp3) is 0.450. The first-order valence-electron chi connectivity index (χ1n) is 9.39. The topological polar surface area (TPSA) is 30.5 Å². The van der Waals surface area contributed by atoms with Gasteiger partial charge in [-0.2, -0.15) is 0 Å². The van der Waals surface area contributed by atoms with Crippen molar-refractivity contribution in [3.63, 3.8) is 0 Å². The third-order valence-electron chi connectivity index (χ3n) is 5.02. The average Bonchev–Trinajstić information content (AvgIpc) is 3.18. The van der Waals surface area contributed by atoms with E-state index in [1.165, 1.54) is 4.88 Å². The molecule has 0 unspecified atom stereocenters. The standard InChI is InChI=1S/C20H27BrN4S2/c1-3-24-10-12-25(13-11-24)19(18-5-4-14-27-18)15(2)22-20(26)23-17-8-6-16(21)7-9-17/h4-9,14-15,19H,3,10-13H2,1-2H3,(H2,22,23,26)/t15-,19-/m0/s1. The van der Waals surface area contributed by atoms with E-state index in [0.717, 1.165) is 42.9 Å². The Morgan fingerprint density at radius 2 is 1.89 bits per heavy atom. The lowest BCUT2D eigenvalue weighted by atomic mass is 10.1. The van der Waals surface area contributed by atoms with E-state index in [4.69, 9.17) is 12.2 Å². The van der Waals surface area contributed by atoms with Crippen molar-refractivity contribution in [2.24, 2.45) is 0 Å². The van der Waals surface area contributed by atoms with Crippen LogP contribution in [0.3, 0.4) is 0 Å². The number of halogens is 1. The number of nitrogens with zero attached hydrogens (tertiary/aromatic N) is 2. The first-order valence-corrected chi connectivity index (χ1v) is 11.5. The van der Waals surface area contributed by atoms with Crippen LogP contribution >= 0.6 is 39.5 Å². The van der Waals surface area contributed by atoms with Crippen LogP contribution in [0.5, 0.6) is 0 Å². The van der Waals surface area contributed by atoms with Crippen LogP contribution in [0.15, 0.2) is 46.3 Å². The zero-order chi connectivity index (χ0) is 19.2. The van der Waals surface area contributed by atoms with Gasteiger partial charge in [0.05, 0.1) is 6.04 Å². The minimum atomic E-state index is 0.215. The Labute approximate surface area is 180 Å². The van der Waals surface area contributed by atoms with Gasteiger partial charge in [0.25, 0.3) is 0 Å². The fourth-order valence-electron chi connectivity index (χ4n) is 3.55. The summed E-state index contributed by atoms with van der Waals surface area (Å²) in [4.78, 5) is 6.50. The highest BCUT2D eigenvalue weighted by molar-refractivity contribution is 9.10. The quantitative estimate of drug-likeness (QED) is 0.609. The summed E-state index contributed by atoms with van der Waals surface area (Å²) in [6.45, 7) is 10.0. The van der Waals surface area contributed by atoms with Gasteiger partial charge in [-0.3, -0.25) is 4.90 Å². The molecule has 0 spiro atoms. The fourth-order valence-corrected chi connectivity index (χ4v) is 5.08. The molecule has 1 aromatic carbocycles. The second-order valence-corrected chi connectivity index (χ2v) is 9.13. The van der Waals surface area contributed by atoms with Crippen molar-refractivity contribution in [3.8, 4) is 0 Å². The van der Waals surface area contributed by atoms with Crippen LogP contribution in [-0.2, 0) is 0 Å². The highest BCUT2D eigenvalue weighted by Crippen LogP contribution is 2.29. The Balaban J connectivity index is 1.65. The molecular weight excluding hydrogens is 440 g/mol. The molecule has 27 heavy (non-hydrogen) atoms. The molecule has 2 heterocycles. The van der Waals surface area contributed by atoms with Crippen LogP contribution in [0.25, 0.3) is 0 Å². The van der Waals surface area contributed by atoms with Crippen LogP contribution in [0, 0.1) is 0 Å². The molecule has 0 bridgehead atoms. The van der Waals surface area contributed by atoms with Crippen molar-refractivity contribution < 1.29 is 0 Å². The average molecular weight is 468 g/mol. The van der Waals surface area contributed by atoms with Crippen molar-refractivity contribution in [1.29, 1.82) is 0 Å². The molecule has 7 heteroatoms. The van der Waals surface area contributed by atoms with Crippen molar-refractivity contribution in [2.75, 3.05) is 38.0 Å². The summed E-state index contributed by atoms with van der Waals surface area (Å²) in [5, 5.41) is 9.64. The number of hydrogen-bond donors (Lipinski definition) is 2. The maximum atomic E-state index is 5.58. The number of benzene rings is 1. The molecule has 2 atom stereocenters. The first-order chi connectivity index (χ1) is 13.1. The highest BCUT2D eigenvalue weighted by atomic mass is 79.9. The largest absolute Gasteiger partial charge is 0.358 e. The third kappa shape index (κ3) is 5.74. The molecule has 1 saturated heterocycles. The molecule has 4 nitrogen and oxygen atoms in total. The van der Waals surface area contributed by atoms with Crippen molar-refractivity contribution >= 4 is 50.3 Å². The maximum absolute atomic E-state index is 5.58. The second kappa shape index (κ2) is 9.98. The normalized spacial score (nSPS) is 18.0. The Bertz CT molecular complexity index is 712. The van der Waals surface area contributed by atoms with Crippen molar-refractivity contribution in [1.82, 2.24) is 15.1 Å². The van der Waals surface area contributed by atoms with Gasteiger partial charge in [-0.15, -0.1) is 11.3 Å². The number of likely N-dealkylation sites (N-methyl/N-ethyl adjacent to an activating group) is 1. The molecule has 1 aromatic heterocycles. The van der Waals surface area contributed by atoms with E-state index in [1.807, 2.05) is 35.6 Å². The summed E-state index contributed by atoms with van der Waals surface area (Å²) < 4.78 is 1.06. The predicted octanol–water partition coefficient (Wildman–Crippen LogP) is 4.56. The summed E-state index contributed by atoms with van der Waals surface area (Å²) in [6.07, 6.45) is 0. The van der Waals surface area contributed by atoms with Crippen molar-refractivity contribution in [2.45, 2.75) is 25.9 Å². The minimum Gasteiger partial charge on any atom is -0.358 e.